The van der Waals surface area contributed by atoms with Crippen molar-refractivity contribution in [1.82, 2.24) is 0 Å². The molecule has 2 aliphatic heterocycles. The molecular weight excluding hydrogens is 404 g/mol. The standard InChI is InChI=1S/C27H48O5/c1-12-23-27(10,11)25(32-21(9)31-23)19(7)17(5)18(6)20(8)30-26(28)24-22(13-15(2)3)14-16(4)29-24/h15-16,19-25H,12-14H2,1-11H3/b18-17+/t16?,19?,20?,21?,22-,23+,24?,25+/m1/s1. The number of carbonyl (C=O) groups is 1. The summed E-state index contributed by atoms with van der Waals surface area (Å²) in [6.45, 7) is 23.4. The van der Waals surface area contributed by atoms with Crippen LogP contribution in [0.15, 0.2) is 11.1 Å². The van der Waals surface area contributed by atoms with Gasteiger partial charge in [-0.25, -0.2) is 4.79 Å². The Morgan fingerprint density at radius 2 is 1.66 bits per heavy atom. The first-order valence-electron chi connectivity index (χ1n) is 12.6. The van der Waals surface area contributed by atoms with Crippen molar-refractivity contribution in [2.75, 3.05) is 0 Å². The van der Waals surface area contributed by atoms with Crippen LogP contribution >= 0.6 is 0 Å². The zero-order valence-electron chi connectivity index (χ0n) is 22.4. The lowest BCUT2D eigenvalue weighted by atomic mass is 9.71. The smallest absolute Gasteiger partial charge is 0.336 e. The molecule has 2 heterocycles. The highest BCUT2D eigenvalue weighted by molar-refractivity contribution is 5.76. The van der Waals surface area contributed by atoms with Gasteiger partial charge in [0.1, 0.15) is 6.10 Å². The lowest BCUT2D eigenvalue weighted by molar-refractivity contribution is -0.294. The van der Waals surface area contributed by atoms with Gasteiger partial charge in [-0.2, -0.15) is 0 Å². The second-order valence-electron chi connectivity index (χ2n) is 11.2. The normalized spacial score (nSPS) is 35.4. The van der Waals surface area contributed by atoms with Crippen molar-refractivity contribution < 1.29 is 23.7 Å². The van der Waals surface area contributed by atoms with Gasteiger partial charge in [0.05, 0.1) is 18.3 Å². The zero-order chi connectivity index (χ0) is 24.4. The minimum Gasteiger partial charge on any atom is -0.456 e. The Morgan fingerprint density at radius 1 is 1.03 bits per heavy atom. The topological polar surface area (TPSA) is 54.0 Å². The largest absolute Gasteiger partial charge is 0.456 e. The first kappa shape index (κ1) is 27.3. The second-order valence-corrected chi connectivity index (χ2v) is 11.2. The number of carbonyl (C=O) groups excluding carboxylic acids is 1. The van der Waals surface area contributed by atoms with Crippen molar-refractivity contribution in [2.45, 2.75) is 132 Å². The van der Waals surface area contributed by atoms with Gasteiger partial charge in [-0.15, -0.1) is 0 Å². The summed E-state index contributed by atoms with van der Waals surface area (Å²) in [4.78, 5) is 13.0. The highest BCUT2D eigenvalue weighted by Gasteiger charge is 2.47. The Balaban J connectivity index is 2.13. The molecule has 0 saturated carbocycles. The zero-order valence-corrected chi connectivity index (χ0v) is 22.4. The van der Waals surface area contributed by atoms with Crippen LogP contribution in [0.1, 0.15) is 95.4 Å². The van der Waals surface area contributed by atoms with Gasteiger partial charge >= 0.3 is 5.97 Å². The minimum atomic E-state index is -0.454. The van der Waals surface area contributed by atoms with Crippen molar-refractivity contribution in [1.29, 1.82) is 0 Å². The van der Waals surface area contributed by atoms with Gasteiger partial charge < -0.3 is 18.9 Å². The molecule has 0 aromatic rings. The average Bonchev–Trinajstić information content (AvgIpc) is 3.06. The first-order valence-corrected chi connectivity index (χ1v) is 12.6. The molecule has 0 aromatic heterocycles. The number of hydrogen-bond acceptors (Lipinski definition) is 5. The highest BCUT2D eigenvalue weighted by Crippen LogP contribution is 2.43. The number of esters is 1. The Kier molecular flexibility index (Phi) is 9.41. The molecule has 2 aliphatic rings. The van der Waals surface area contributed by atoms with Gasteiger partial charge in [0, 0.05) is 11.3 Å². The third-order valence-corrected chi connectivity index (χ3v) is 7.74. The second kappa shape index (κ2) is 11.0. The lowest BCUT2D eigenvalue weighted by Crippen LogP contribution is -2.53. The fourth-order valence-corrected chi connectivity index (χ4v) is 5.67. The third kappa shape index (κ3) is 6.15. The van der Waals surface area contributed by atoms with Crippen molar-refractivity contribution >= 4 is 5.97 Å². The Morgan fingerprint density at radius 3 is 2.22 bits per heavy atom. The maximum Gasteiger partial charge on any atom is 0.336 e. The lowest BCUT2D eigenvalue weighted by Gasteiger charge is -2.49. The summed E-state index contributed by atoms with van der Waals surface area (Å²) in [6, 6.07) is 0. The minimum absolute atomic E-state index is 0.0310. The van der Waals surface area contributed by atoms with Crippen LogP contribution in [0.2, 0.25) is 0 Å². The summed E-state index contributed by atoms with van der Waals surface area (Å²) in [5.74, 6) is 0.721. The molecule has 5 unspecified atom stereocenters. The molecule has 0 bridgehead atoms. The van der Waals surface area contributed by atoms with Crippen molar-refractivity contribution in [3.05, 3.63) is 11.1 Å². The summed E-state index contributed by atoms with van der Waals surface area (Å²) in [5, 5.41) is 0. The Labute approximate surface area is 196 Å². The number of rotatable bonds is 8. The van der Waals surface area contributed by atoms with E-state index >= 15 is 0 Å². The van der Waals surface area contributed by atoms with Crippen molar-refractivity contribution in [3.8, 4) is 0 Å². The van der Waals surface area contributed by atoms with Crippen LogP contribution in [0.4, 0.5) is 0 Å². The van der Waals surface area contributed by atoms with E-state index in [2.05, 4.69) is 55.4 Å². The first-order chi connectivity index (χ1) is 14.8. The van der Waals surface area contributed by atoms with Crippen LogP contribution in [-0.2, 0) is 23.7 Å². The van der Waals surface area contributed by atoms with E-state index in [1.54, 1.807) is 0 Å². The highest BCUT2D eigenvalue weighted by atomic mass is 16.7. The van der Waals surface area contributed by atoms with E-state index in [1.807, 2.05) is 20.8 Å². The molecule has 186 valence electrons. The molecule has 5 heteroatoms. The van der Waals surface area contributed by atoms with Crippen LogP contribution < -0.4 is 0 Å². The van der Waals surface area contributed by atoms with Gasteiger partial charge in [-0.1, -0.05) is 47.1 Å². The maximum atomic E-state index is 13.0. The molecule has 2 rings (SSSR count). The van der Waals surface area contributed by atoms with Gasteiger partial charge in [-0.05, 0) is 71.3 Å². The molecule has 0 N–H and O–H groups in total. The Hall–Kier alpha value is -0.910. The molecule has 0 aromatic carbocycles. The molecule has 0 amide bonds. The van der Waals surface area contributed by atoms with Crippen LogP contribution in [0.25, 0.3) is 0 Å². The summed E-state index contributed by atoms with van der Waals surface area (Å²) in [6.07, 6.45) is 2.17. The third-order valence-electron chi connectivity index (χ3n) is 7.74. The van der Waals surface area contributed by atoms with E-state index in [0.29, 0.717) is 5.92 Å². The van der Waals surface area contributed by atoms with E-state index in [0.717, 1.165) is 24.8 Å². The van der Waals surface area contributed by atoms with Crippen LogP contribution in [0, 0.1) is 23.2 Å². The van der Waals surface area contributed by atoms with Gasteiger partial charge in [0.25, 0.3) is 0 Å². The van der Waals surface area contributed by atoms with Crippen LogP contribution in [0.3, 0.4) is 0 Å². The molecule has 0 radical (unpaired) electrons. The molecule has 0 spiro atoms. The predicted octanol–water partition coefficient (Wildman–Crippen LogP) is 6.30. The molecule has 32 heavy (non-hydrogen) atoms. The molecule has 2 saturated heterocycles. The Bertz CT molecular complexity index is 667. The fraction of sp³-hybridized carbons (Fsp3) is 0.889. The quantitative estimate of drug-likeness (QED) is 0.320. The van der Waals surface area contributed by atoms with E-state index in [9.17, 15) is 4.79 Å². The van der Waals surface area contributed by atoms with Gasteiger partial charge in [0.2, 0.25) is 0 Å². The van der Waals surface area contributed by atoms with E-state index in [1.165, 1.54) is 5.57 Å². The van der Waals surface area contributed by atoms with E-state index < -0.39 is 6.10 Å². The summed E-state index contributed by atoms with van der Waals surface area (Å²) >= 11 is 0. The van der Waals surface area contributed by atoms with E-state index in [-0.39, 0.29) is 53.9 Å². The summed E-state index contributed by atoms with van der Waals surface area (Å²) < 4.78 is 24.2. The maximum absolute atomic E-state index is 13.0. The molecular formula is C27H48O5. The predicted molar refractivity (Wildman–Crippen MR) is 128 cm³/mol. The summed E-state index contributed by atoms with van der Waals surface area (Å²) in [5.41, 5.74) is 2.19. The fourth-order valence-electron chi connectivity index (χ4n) is 5.67. The van der Waals surface area contributed by atoms with Crippen molar-refractivity contribution in [3.63, 3.8) is 0 Å². The molecule has 2 fully saturated rings. The number of ether oxygens (including phenoxy) is 4. The summed E-state index contributed by atoms with van der Waals surface area (Å²) in [7, 11) is 0. The van der Waals surface area contributed by atoms with Crippen LogP contribution in [-0.4, -0.2) is 42.8 Å². The molecule has 8 atom stereocenters. The molecule has 0 aliphatic carbocycles. The SMILES string of the molecule is CC[C@@H]1OC(C)O[C@@H](C(C)/C(C)=C(\C)C(C)OC(=O)C2OC(C)C[C@H]2CC(C)C)C1(C)C. The van der Waals surface area contributed by atoms with Crippen molar-refractivity contribution in [2.24, 2.45) is 23.2 Å². The molecule has 5 nitrogen and oxygen atoms in total. The monoisotopic (exact) mass is 452 g/mol. The average molecular weight is 453 g/mol. The van der Waals surface area contributed by atoms with Gasteiger partial charge in [0.15, 0.2) is 12.4 Å². The van der Waals surface area contributed by atoms with E-state index in [4.69, 9.17) is 18.9 Å². The van der Waals surface area contributed by atoms with Crippen LogP contribution in [0.5, 0.6) is 0 Å². The number of hydrogen-bond donors (Lipinski definition) is 0. The van der Waals surface area contributed by atoms with Gasteiger partial charge in [-0.3, -0.25) is 0 Å².